The van der Waals surface area contributed by atoms with Gasteiger partial charge in [-0.3, -0.25) is 0 Å². The molecule has 0 aliphatic rings. The predicted molar refractivity (Wildman–Crippen MR) is 68.4 cm³/mol. The Hall–Kier alpha value is -0.840. The molecule has 0 spiro atoms. The molecule has 4 heteroatoms. The van der Waals surface area contributed by atoms with Gasteiger partial charge in [0.1, 0.15) is 5.82 Å². The van der Waals surface area contributed by atoms with Crippen LogP contribution in [0.4, 0.5) is 4.39 Å². The molecule has 1 heterocycles. The van der Waals surface area contributed by atoms with Crippen molar-refractivity contribution in [1.82, 2.24) is 0 Å². The molecule has 2 aromatic rings. The molecule has 0 bridgehead atoms. The first-order valence-corrected chi connectivity index (χ1v) is 6.76. The van der Waals surface area contributed by atoms with Crippen molar-refractivity contribution >= 4 is 23.1 Å². The zero-order chi connectivity index (χ0) is 11.4. The maximum Gasteiger partial charge on any atom is 0.124 e. The molecule has 1 aromatic carbocycles. The van der Waals surface area contributed by atoms with Crippen molar-refractivity contribution in [2.24, 2.45) is 5.73 Å². The highest BCUT2D eigenvalue weighted by Gasteiger charge is 2.11. The molecule has 1 atom stereocenters. The molecule has 0 saturated heterocycles. The van der Waals surface area contributed by atoms with Crippen molar-refractivity contribution in [3.63, 3.8) is 0 Å². The summed E-state index contributed by atoms with van der Waals surface area (Å²) in [7, 11) is 0. The maximum atomic E-state index is 13.0. The third-order valence-electron chi connectivity index (χ3n) is 2.20. The Labute approximate surface area is 102 Å². The van der Waals surface area contributed by atoms with Crippen LogP contribution in [0.15, 0.2) is 46.0 Å². The molecule has 1 nitrogen and oxygen atoms in total. The Morgan fingerprint density at radius 1 is 1.38 bits per heavy atom. The Balaban J connectivity index is 2.13. The standard InChI is InChI=1S/C12H12FNS2/c13-10-2-1-3-11(6-10)16-12(7-14)9-4-5-15-8-9/h1-6,8,12H,7,14H2. The summed E-state index contributed by atoms with van der Waals surface area (Å²) >= 11 is 3.26. The van der Waals surface area contributed by atoms with Crippen molar-refractivity contribution in [3.8, 4) is 0 Å². The first kappa shape index (κ1) is 11.6. The highest BCUT2D eigenvalue weighted by atomic mass is 32.2. The largest absolute Gasteiger partial charge is 0.329 e. The van der Waals surface area contributed by atoms with E-state index < -0.39 is 0 Å². The summed E-state index contributed by atoms with van der Waals surface area (Å²) < 4.78 is 13.0. The summed E-state index contributed by atoms with van der Waals surface area (Å²) in [5.41, 5.74) is 6.95. The first-order valence-electron chi connectivity index (χ1n) is 4.94. The van der Waals surface area contributed by atoms with Gasteiger partial charge in [0.2, 0.25) is 0 Å². The molecule has 16 heavy (non-hydrogen) atoms. The van der Waals surface area contributed by atoms with E-state index in [1.54, 1.807) is 35.2 Å². The highest BCUT2D eigenvalue weighted by Crippen LogP contribution is 2.35. The van der Waals surface area contributed by atoms with Gasteiger partial charge in [-0.1, -0.05) is 6.07 Å². The lowest BCUT2D eigenvalue weighted by molar-refractivity contribution is 0.624. The average Bonchev–Trinajstić information content (AvgIpc) is 2.79. The Kier molecular flexibility index (Phi) is 3.98. The summed E-state index contributed by atoms with van der Waals surface area (Å²) in [4.78, 5) is 0.918. The van der Waals surface area contributed by atoms with Gasteiger partial charge in [-0.2, -0.15) is 11.3 Å². The molecule has 0 radical (unpaired) electrons. The van der Waals surface area contributed by atoms with E-state index in [1.165, 1.54) is 11.6 Å². The maximum absolute atomic E-state index is 13.0. The Morgan fingerprint density at radius 2 is 2.25 bits per heavy atom. The fourth-order valence-electron chi connectivity index (χ4n) is 1.42. The fraction of sp³-hybridized carbons (Fsp3) is 0.167. The molecule has 1 unspecified atom stereocenters. The lowest BCUT2D eigenvalue weighted by Crippen LogP contribution is -2.08. The van der Waals surface area contributed by atoms with E-state index in [0.29, 0.717) is 6.54 Å². The van der Waals surface area contributed by atoms with E-state index >= 15 is 0 Å². The van der Waals surface area contributed by atoms with E-state index in [1.807, 2.05) is 11.4 Å². The zero-order valence-corrected chi connectivity index (χ0v) is 10.2. The topological polar surface area (TPSA) is 26.0 Å². The van der Waals surface area contributed by atoms with Gasteiger partial charge in [-0.15, -0.1) is 11.8 Å². The summed E-state index contributed by atoms with van der Waals surface area (Å²) in [6.07, 6.45) is 0. The number of hydrogen-bond donors (Lipinski definition) is 1. The molecular weight excluding hydrogens is 241 g/mol. The minimum absolute atomic E-state index is 0.202. The quantitative estimate of drug-likeness (QED) is 0.841. The van der Waals surface area contributed by atoms with Gasteiger partial charge < -0.3 is 5.73 Å². The van der Waals surface area contributed by atoms with Gasteiger partial charge >= 0.3 is 0 Å². The van der Waals surface area contributed by atoms with Crippen molar-refractivity contribution in [2.75, 3.05) is 6.54 Å². The molecule has 0 aliphatic heterocycles. The van der Waals surface area contributed by atoms with Crippen LogP contribution < -0.4 is 5.73 Å². The van der Waals surface area contributed by atoms with Gasteiger partial charge in [-0.05, 0) is 40.6 Å². The second kappa shape index (κ2) is 5.48. The lowest BCUT2D eigenvalue weighted by Gasteiger charge is -2.12. The van der Waals surface area contributed by atoms with Crippen molar-refractivity contribution in [2.45, 2.75) is 10.1 Å². The number of benzene rings is 1. The van der Waals surface area contributed by atoms with Crippen LogP contribution in [0, 0.1) is 5.82 Å². The van der Waals surface area contributed by atoms with Crippen molar-refractivity contribution in [1.29, 1.82) is 0 Å². The van der Waals surface area contributed by atoms with Crippen molar-refractivity contribution in [3.05, 3.63) is 52.5 Å². The number of thioether (sulfide) groups is 1. The molecule has 2 rings (SSSR count). The molecule has 0 fully saturated rings. The molecular formula is C12H12FNS2. The number of halogens is 1. The zero-order valence-electron chi connectivity index (χ0n) is 8.60. The predicted octanol–water partition coefficient (Wildman–Crippen LogP) is 3.68. The SMILES string of the molecule is NCC(Sc1cccc(F)c1)c1ccsc1. The molecule has 0 amide bonds. The van der Waals surface area contributed by atoms with E-state index in [4.69, 9.17) is 5.73 Å². The first-order chi connectivity index (χ1) is 7.79. The van der Waals surface area contributed by atoms with Crippen LogP contribution >= 0.6 is 23.1 Å². The van der Waals surface area contributed by atoms with Gasteiger partial charge in [0, 0.05) is 16.7 Å². The molecule has 0 aliphatic carbocycles. The smallest absolute Gasteiger partial charge is 0.124 e. The van der Waals surface area contributed by atoms with E-state index in [-0.39, 0.29) is 11.1 Å². The van der Waals surface area contributed by atoms with E-state index in [2.05, 4.69) is 11.4 Å². The average molecular weight is 253 g/mol. The normalized spacial score (nSPS) is 12.6. The minimum atomic E-state index is -0.203. The van der Waals surface area contributed by atoms with Gasteiger partial charge in [-0.25, -0.2) is 4.39 Å². The van der Waals surface area contributed by atoms with Crippen LogP contribution in [0.1, 0.15) is 10.8 Å². The van der Waals surface area contributed by atoms with Crippen LogP contribution in [0.2, 0.25) is 0 Å². The lowest BCUT2D eigenvalue weighted by atomic mass is 10.2. The second-order valence-electron chi connectivity index (χ2n) is 3.36. The van der Waals surface area contributed by atoms with Gasteiger partial charge in [0.15, 0.2) is 0 Å². The van der Waals surface area contributed by atoms with Crippen molar-refractivity contribution < 1.29 is 4.39 Å². The number of thiophene rings is 1. The summed E-state index contributed by atoms with van der Waals surface area (Å²) in [6, 6.07) is 8.68. The number of nitrogens with two attached hydrogens (primary N) is 1. The third kappa shape index (κ3) is 2.84. The number of hydrogen-bond acceptors (Lipinski definition) is 3. The number of rotatable bonds is 4. The van der Waals surface area contributed by atoms with Crippen LogP contribution in [0.25, 0.3) is 0 Å². The van der Waals surface area contributed by atoms with E-state index in [9.17, 15) is 4.39 Å². The van der Waals surface area contributed by atoms with Crippen LogP contribution in [-0.4, -0.2) is 6.54 Å². The molecule has 84 valence electrons. The fourth-order valence-corrected chi connectivity index (χ4v) is 3.26. The van der Waals surface area contributed by atoms with Crippen LogP contribution in [0.5, 0.6) is 0 Å². The highest BCUT2D eigenvalue weighted by molar-refractivity contribution is 7.99. The second-order valence-corrected chi connectivity index (χ2v) is 5.41. The Morgan fingerprint density at radius 3 is 2.88 bits per heavy atom. The summed E-state index contributed by atoms with van der Waals surface area (Å²) in [6.45, 7) is 0.553. The monoisotopic (exact) mass is 253 g/mol. The third-order valence-corrected chi connectivity index (χ3v) is 4.18. The summed E-state index contributed by atoms with van der Waals surface area (Å²) in [5, 5.41) is 4.32. The Bertz CT molecular complexity index is 442. The molecule has 1 aromatic heterocycles. The van der Waals surface area contributed by atoms with Gasteiger partial charge in [0.05, 0.1) is 0 Å². The molecule has 0 saturated carbocycles. The minimum Gasteiger partial charge on any atom is -0.329 e. The van der Waals surface area contributed by atoms with Crippen LogP contribution in [-0.2, 0) is 0 Å². The van der Waals surface area contributed by atoms with Gasteiger partial charge in [0.25, 0.3) is 0 Å². The molecule has 2 N–H and O–H groups in total. The summed E-state index contributed by atoms with van der Waals surface area (Å²) in [5.74, 6) is -0.203. The van der Waals surface area contributed by atoms with E-state index in [0.717, 1.165) is 4.90 Å². The van der Waals surface area contributed by atoms with Crippen LogP contribution in [0.3, 0.4) is 0 Å².